The first-order chi connectivity index (χ1) is 11.5. The first-order valence-electron chi connectivity index (χ1n) is 9.64. The van der Waals surface area contributed by atoms with Crippen LogP contribution in [0.4, 0.5) is 5.69 Å². The van der Waals surface area contributed by atoms with Crippen LogP contribution in [0.5, 0.6) is 0 Å². The molecule has 0 amide bonds. The van der Waals surface area contributed by atoms with Crippen LogP contribution >= 0.6 is 0 Å². The Morgan fingerprint density at radius 2 is 1.29 bits per heavy atom. The van der Waals surface area contributed by atoms with Crippen LogP contribution in [-0.2, 0) is 0 Å². The van der Waals surface area contributed by atoms with Gasteiger partial charge in [0.1, 0.15) is 5.69 Å². The SMILES string of the molecule is CCCCCCCCCCCC[N+](C)(C)c1ccc(C(=O)O)cc1. The third-order valence-corrected chi connectivity index (χ3v) is 4.88. The van der Waals surface area contributed by atoms with Gasteiger partial charge in [-0.25, -0.2) is 4.79 Å². The summed E-state index contributed by atoms with van der Waals surface area (Å²) in [5.41, 5.74) is 1.54. The van der Waals surface area contributed by atoms with Crippen LogP contribution in [0, 0.1) is 0 Å². The van der Waals surface area contributed by atoms with Crippen molar-refractivity contribution in [1.82, 2.24) is 4.48 Å². The van der Waals surface area contributed by atoms with Gasteiger partial charge in [-0.1, -0.05) is 58.3 Å². The number of rotatable bonds is 13. The highest BCUT2D eigenvalue weighted by Gasteiger charge is 2.18. The zero-order valence-electron chi connectivity index (χ0n) is 15.9. The van der Waals surface area contributed by atoms with Crippen LogP contribution in [0.2, 0.25) is 0 Å². The van der Waals surface area contributed by atoms with Gasteiger partial charge in [-0.15, -0.1) is 0 Å². The number of carboxylic acids is 1. The van der Waals surface area contributed by atoms with Crippen molar-refractivity contribution < 1.29 is 9.90 Å². The Bertz CT molecular complexity index is 465. The van der Waals surface area contributed by atoms with Crippen molar-refractivity contribution in [3.63, 3.8) is 0 Å². The van der Waals surface area contributed by atoms with Crippen LogP contribution < -0.4 is 4.48 Å². The fourth-order valence-corrected chi connectivity index (χ4v) is 3.13. The average molecular weight is 335 g/mol. The number of carboxylic acid groups (broad SMARTS) is 1. The van der Waals surface area contributed by atoms with Crippen molar-refractivity contribution in [1.29, 1.82) is 0 Å². The Hall–Kier alpha value is -1.35. The Kier molecular flexibility index (Phi) is 9.70. The first-order valence-corrected chi connectivity index (χ1v) is 9.64. The van der Waals surface area contributed by atoms with Gasteiger partial charge in [0.05, 0.1) is 26.2 Å². The van der Waals surface area contributed by atoms with E-state index < -0.39 is 5.97 Å². The fourth-order valence-electron chi connectivity index (χ4n) is 3.13. The monoisotopic (exact) mass is 334 g/mol. The maximum absolute atomic E-state index is 10.9. The van der Waals surface area contributed by atoms with E-state index in [1.807, 2.05) is 12.1 Å². The number of hydrogen-bond acceptors (Lipinski definition) is 1. The van der Waals surface area contributed by atoms with Gasteiger partial charge in [-0.3, -0.25) is 4.48 Å². The molecule has 0 radical (unpaired) electrons. The van der Waals surface area contributed by atoms with Gasteiger partial charge in [0.2, 0.25) is 0 Å². The maximum atomic E-state index is 10.9. The zero-order chi connectivity index (χ0) is 17.8. The lowest BCUT2D eigenvalue weighted by Crippen LogP contribution is -2.41. The Morgan fingerprint density at radius 3 is 1.75 bits per heavy atom. The molecule has 0 saturated heterocycles. The van der Waals surface area contributed by atoms with E-state index in [-0.39, 0.29) is 0 Å². The molecule has 0 aliphatic carbocycles. The lowest BCUT2D eigenvalue weighted by atomic mass is 10.1. The van der Waals surface area contributed by atoms with Crippen LogP contribution in [0.25, 0.3) is 0 Å². The molecule has 1 N–H and O–H groups in total. The molecule has 1 rings (SSSR count). The number of benzene rings is 1. The van der Waals surface area contributed by atoms with E-state index in [9.17, 15) is 4.79 Å². The van der Waals surface area contributed by atoms with E-state index in [1.54, 1.807) is 12.1 Å². The molecule has 0 aliphatic rings. The molecule has 0 spiro atoms. The summed E-state index contributed by atoms with van der Waals surface area (Å²) in [5, 5.41) is 8.98. The molecule has 24 heavy (non-hydrogen) atoms. The third-order valence-electron chi connectivity index (χ3n) is 4.88. The van der Waals surface area contributed by atoms with Crippen LogP contribution in [0.1, 0.15) is 81.5 Å². The average Bonchev–Trinajstić information content (AvgIpc) is 2.56. The largest absolute Gasteiger partial charge is 0.478 e. The molecule has 0 heterocycles. The second-order valence-corrected chi connectivity index (χ2v) is 7.44. The Morgan fingerprint density at radius 1 is 0.833 bits per heavy atom. The number of carbonyl (C=O) groups is 1. The molecule has 0 bridgehead atoms. The van der Waals surface area contributed by atoms with Gasteiger partial charge in [0.15, 0.2) is 0 Å². The van der Waals surface area contributed by atoms with Crippen LogP contribution in [0.3, 0.4) is 0 Å². The molecule has 0 saturated carbocycles. The molecule has 1 aromatic rings. The number of nitrogens with zero attached hydrogens (tertiary/aromatic N) is 1. The minimum atomic E-state index is -0.860. The minimum absolute atomic E-state index is 0.359. The van der Waals surface area contributed by atoms with Crippen molar-refractivity contribution in [2.75, 3.05) is 20.6 Å². The molecule has 0 aliphatic heterocycles. The lowest BCUT2D eigenvalue weighted by molar-refractivity contribution is 0.0697. The molecule has 3 nitrogen and oxygen atoms in total. The van der Waals surface area contributed by atoms with Gasteiger partial charge >= 0.3 is 5.97 Å². The fraction of sp³-hybridized carbons (Fsp3) is 0.667. The highest BCUT2D eigenvalue weighted by molar-refractivity contribution is 5.87. The van der Waals surface area contributed by atoms with Gasteiger partial charge < -0.3 is 5.11 Å². The van der Waals surface area contributed by atoms with Crippen molar-refractivity contribution in [2.24, 2.45) is 0 Å². The summed E-state index contributed by atoms with van der Waals surface area (Å²) in [4.78, 5) is 10.9. The summed E-state index contributed by atoms with van der Waals surface area (Å²) in [6, 6.07) is 7.30. The lowest BCUT2D eigenvalue weighted by Gasteiger charge is -2.29. The summed E-state index contributed by atoms with van der Waals surface area (Å²) in [6.07, 6.45) is 13.5. The molecule has 136 valence electrons. The second kappa shape index (κ2) is 11.2. The number of hydrogen-bond donors (Lipinski definition) is 1. The smallest absolute Gasteiger partial charge is 0.335 e. The van der Waals surface area contributed by atoms with E-state index in [1.165, 1.54) is 69.9 Å². The first kappa shape index (κ1) is 20.7. The maximum Gasteiger partial charge on any atom is 0.335 e. The quantitative estimate of drug-likeness (QED) is 0.362. The van der Waals surface area contributed by atoms with Gasteiger partial charge in [-0.05, 0) is 37.1 Å². The molecule has 0 atom stereocenters. The molecular weight excluding hydrogens is 298 g/mol. The molecular formula is C21H36NO2+. The highest BCUT2D eigenvalue weighted by atomic mass is 16.4. The normalized spacial score (nSPS) is 11.6. The Labute approximate surface area is 148 Å². The van der Waals surface area contributed by atoms with Crippen molar-refractivity contribution >= 4 is 11.7 Å². The predicted octanol–water partition coefficient (Wildman–Crippen LogP) is 5.87. The standard InChI is InChI=1S/C21H35NO2/c1-4-5-6-7-8-9-10-11-12-13-18-22(2,3)20-16-14-19(15-17-20)21(23)24/h14-17H,4-13,18H2,1-3H3/p+1. The summed E-state index contributed by atoms with van der Waals surface area (Å²) < 4.78 is 0.816. The van der Waals surface area contributed by atoms with Crippen LogP contribution in [-0.4, -0.2) is 31.7 Å². The second-order valence-electron chi connectivity index (χ2n) is 7.44. The van der Waals surface area contributed by atoms with E-state index in [0.717, 1.165) is 11.0 Å². The van der Waals surface area contributed by atoms with Crippen molar-refractivity contribution in [3.8, 4) is 0 Å². The number of aromatic carboxylic acids is 1. The van der Waals surface area contributed by atoms with Crippen LogP contribution in [0.15, 0.2) is 24.3 Å². The van der Waals surface area contributed by atoms with E-state index in [2.05, 4.69) is 21.0 Å². The molecule has 0 aromatic heterocycles. The summed E-state index contributed by atoms with van der Waals surface area (Å²) in [6.45, 7) is 3.36. The summed E-state index contributed by atoms with van der Waals surface area (Å²) in [5.74, 6) is -0.860. The number of unbranched alkanes of at least 4 members (excludes halogenated alkanes) is 9. The zero-order valence-corrected chi connectivity index (χ0v) is 15.9. The van der Waals surface area contributed by atoms with E-state index >= 15 is 0 Å². The van der Waals surface area contributed by atoms with Gasteiger partial charge in [-0.2, -0.15) is 0 Å². The summed E-state index contributed by atoms with van der Waals surface area (Å²) in [7, 11) is 4.40. The highest BCUT2D eigenvalue weighted by Crippen LogP contribution is 2.21. The molecule has 1 aromatic carbocycles. The number of quaternary nitrogens is 1. The van der Waals surface area contributed by atoms with Gasteiger partial charge in [0.25, 0.3) is 0 Å². The van der Waals surface area contributed by atoms with E-state index in [0.29, 0.717) is 5.56 Å². The summed E-state index contributed by atoms with van der Waals surface area (Å²) >= 11 is 0. The van der Waals surface area contributed by atoms with E-state index in [4.69, 9.17) is 5.11 Å². The third kappa shape index (κ3) is 7.96. The topological polar surface area (TPSA) is 37.3 Å². The van der Waals surface area contributed by atoms with Gasteiger partial charge in [0, 0.05) is 0 Å². The van der Waals surface area contributed by atoms with Crippen molar-refractivity contribution in [2.45, 2.75) is 71.1 Å². The molecule has 0 fully saturated rings. The minimum Gasteiger partial charge on any atom is -0.478 e. The predicted molar refractivity (Wildman–Crippen MR) is 104 cm³/mol. The molecule has 3 heteroatoms. The molecule has 0 unspecified atom stereocenters. The Balaban J connectivity index is 2.18. The van der Waals surface area contributed by atoms with Crippen molar-refractivity contribution in [3.05, 3.63) is 29.8 Å².